The lowest BCUT2D eigenvalue weighted by atomic mass is 9.98. The molecule has 0 aliphatic heterocycles. The van der Waals surface area contributed by atoms with Crippen molar-refractivity contribution < 1.29 is 14.3 Å². The molecule has 3 nitrogen and oxygen atoms in total. The van der Waals surface area contributed by atoms with Gasteiger partial charge in [-0.2, -0.15) is 0 Å². The van der Waals surface area contributed by atoms with E-state index < -0.39 is 0 Å². The zero-order chi connectivity index (χ0) is 21.3. The lowest BCUT2D eigenvalue weighted by Crippen LogP contribution is -2.07. The van der Waals surface area contributed by atoms with Gasteiger partial charge >= 0.3 is 5.97 Å². The van der Waals surface area contributed by atoms with Gasteiger partial charge in [0.25, 0.3) is 0 Å². The average molecular weight is 486 g/mol. The van der Waals surface area contributed by atoms with Crippen LogP contribution in [0.1, 0.15) is 23.6 Å². The smallest absolute Gasteiger partial charge is 0.310 e. The minimum atomic E-state index is -0.271. The normalized spacial score (nSPS) is 11.2. The van der Waals surface area contributed by atoms with E-state index >= 15 is 0 Å². The van der Waals surface area contributed by atoms with Gasteiger partial charge in [-0.25, -0.2) is 0 Å². The first kappa shape index (κ1) is 22.1. The molecule has 0 aliphatic carbocycles. The third-order valence-corrected chi connectivity index (χ3v) is 5.24. The molecule has 0 bridgehead atoms. The van der Waals surface area contributed by atoms with Crippen molar-refractivity contribution in [2.75, 3.05) is 13.2 Å². The molecule has 154 valence electrons. The highest BCUT2D eigenvalue weighted by Crippen LogP contribution is 2.28. The van der Waals surface area contributed by atoms with Gasteiger partial charge in [-0.3, -0.25) is 4.79 Å². The molecule has 3 aromatic carbocycles. The van der Waals surface area contributed by atoms with Crippen molar-refractivity contribution in [3.63, 3.8) is 0 Å². The molecule has 0 atom stereocenters. The highest BCUT2D eigenvalue weighted by atomic mass is 79.9. The number of carbonyl (C=O) groups excluding carboxylic acids is 1. The zero-order valence-corrected chi connectivity index (χ0v) is 18.9. The lowest BCUT2D eigenvalue weighted by molar-refractivity contribution is -0.142. The molecule has 0 heterocycles. The Balaban J connectivity index is 1.75. The van der Waals surface area contributed by atoms with Crippen LogP contribution in [0, 0.1) is 0 Å². The fraction of sp³-hybridized carbons (Fsp3) is 0.160. The highest BCUT2D eigenvalue weighted by Gasteiger charge is 2.09. The Hall–Kier alpha value is -2.56. The number of benzene rings is 3. The van der Waals surface area contributed by atoms with Crippen LogP contribution in [0.15, 0.2) is 83.3 Å². The molecule has 0 amide bonds. The molecule has 0 saturated heterocycles. The van der Waals surface area contributed by atoms with Crippen LogP contribution in [0.2, 0.25) is 5.02 Å². The summed E-state index contributed by atoms with van der Waals surface area (Å²) in [4.78, 5) is 11.6. The number of ether oxygens (including phenoxy) is 2. The second kappa shape index (κ2) is 11.0. The Morgan fingerprint density at radius 2 is 1.70 bits per heavy atom. The maximum absolute atomic E-state index is 11.6. The first-order chi connectivity index (χ1) is 14.6. The maximum atomic E-state index is 11.6. The van der Waals surface area contributed by atoms with E-state index in [1.807, 2.05) is 42.5 Å². The lowest BCUT2D eigenvalue weighted by Gasteiger charge is -2.11. The number of hydrogen-bond donors (Lipinski definition) is 0. The molecule has 0 aromatic heterocycles. The second-order valence-corrected chi connectivity index (χ2v) is 7.87. The van der Waals surface area contributed by atoms with E-state index in [0.29, 0.717) is 24.0 Å². The quantitative estimate of drug-likeness (QED) is 0.332. The van der Waals surface area contributed by atoms with Crippen molar-refractivity contribution in [3.8, 4) is 5.75 Å². The van der Waals surface area contributed by atoms with Gasteiger partial charge in [0.15, 0.2) is 0 Å². The third kappa shape index (κ3) is 6.22. The summed E-state index contributed by atoms with van der Waals surface area (Å²) in [5.74, 6) is 0.302. The third-order valence-electron chi connectivity index (χ3n) is 4.42. The summed E-state index contributed by atoms with van der Waals surface area (Å²) in [5.41, 5.74) is 4.09. The Morgan fingerprint density at radius 1 is 1.00 bits per heavy atom. The predicted molar refractivity (Wildman–Crippen MR) is 125 cm³/mol. The number of hydrogen-bond acceptors (Lipinski definition) is 3. The summed E-state index contributed by atoms with van der Waals surface area (Å²) in [6, 6.07) is 23.7. The SMILES string of the molecule is CCOC(=O)Cc1ccc(OCC=C(c2ccccc2)c2ccc(Br)cc2)c(Cl)c1. The first-order valence-corrected chi connectivity index (χ1v) is 10.8. The largest absolute Gasteiger partial charge is 0.488 e. The Morgan fingerprint density at radius 3 is 2.37 bits per heavy atom. The van der Waals surface area contributed by atoms with E-state index in [2.05, 4.69) is 40.2 Å². The van der Waals surface area contributed by atoms with Crippen LogP contribution >= 0.6 is 27.5 Å². The van der Waals surface area contributed by atoms with E-state index in [-0.39, 0.29) is 12.4 Å². The van der Waals surface area contributed by atoms with E-state index in [0.717, 1.165) is 26.7 Å². The van der Waals surface area contributed by atoms with Gasteiger partial charge < -0.3 is 9.47 Å². The molecule has 3 rings (SSSR count). The maximum Gasteiger partial charge on any atom is 0.310 e. The van der Waals surface area contributed by atoms with Gasteiger partial charge in [0, 0.05) is 4.47 Å². The summed E-state index contributed by atoms with van der Waals surface area (Å²) in [7, 11) is 0. The summed E-state index contributed by atoms with van der Waals surface area (Å²) in [6.07, 6.45) is 2.23. The Bertz CT molecular complexity index is 1010. The summed E-state index contributed by atoms with van der Waals surface area (Å²) in [6.45, 7) is 2.51. The van der Waals surface area contributed by atoms with Gasteiger partial charge in [-0.15, -0.1) is 0 Å². The summed E-state index contributed by atoms with van der Waals surface area (Å²) >= 11 is 9.84. The fourth-order valence-corrected chi connectivity index (χ4v) is 3.54. The molecule has 0 saturated carbocycles. The van der Waals surface area contributed by atoms with E-state index in [9.17, 15) is 4.79 Å². The molecule has 0 N–H and O–H groups in total. The average Bonchev–Trinajstić information content (AvgIpc) is 2.74. The van der Waals surface area contributed by atoms with Gasteiger partial charge in [0.1, 0.15) is 12.4 Å². The molecule has 0 radical (unpaired) electrons. The standard InChI is InChI=1S/C25H22BrClO3/c1-2-29-25(28)17-18-8-13-24(23(27)16-18)30-15-14-22(19-6-4-3-5-7-19)20-9-11-21(26)12-10-20/h3-14,16H,2,15,17H2,1H3. The van der Waals surface area contributed by atoms with Crippen LogP contribution in [0.4, 0.5) is 0 Å². The van der Waals surface area contributed by atoms with Crippen molar-refractivity contribution in [1.29, 1.82) is 0 Å². The molecule has 3 aromatic rings. The van der Waals surface area contributed by atoms with Gasteiger partial charge in [0.05, 0.1) is 18.1 Å². The van der Waals surface area contributed by atoms with Gasteiger partial charge in [-0.1, -0.05) is 76.1 Å². The molecular formula is C25H22BrClO3. The van der Waals surface area contributed by atoms with Crippen LogP contribution in [-0.2, 0) is 16.0 Å². The molecule has 0 fully saturated rings. The van der Waals surface area contributed by atoms with Crippen LogP contribution in [0.25, 0.3) is 5.57 Å². The monoisotopic (exact) mass is 484 g/mol. The second-order valence-electron chi connectivity index (χ2n) is 6.55. The summed E-state index contributed by atoms with van der Waals surface area (Å²) < 4.78 is 11.9. The van der Waals surface area contributed by atoms with Crippen LogP contribution < -0.4 is 4.74 Å². The van der Waals surface area contributed by atoms with Crippen LogP contribution in [0.5, 0.6) is 5.75 Å². The molecule has 30 heavy (non-hydrogen) atoms. The van der Waals surface area contributed by atoms with Crippen molar-refractivity contribution in [2.45, 2.75) is 13.3 Å². The van der Waals surface area contributed by atoms with Gasteiger partial charge in [0.2, 0.25) is 0 Å². The number of esters is 1. The highest BCUT2D eigenvalue weighted by molar-refractivity contribution is 9.10. The van der Waals surface area contributed by atoms with E-state index in [1.54, 1.807) is 19.1 Å². The van der Waals surface area contributed by atoms with Crippen LogP contribution in [-0.4, -0.2) is 19.2 Å². The van der Waals surface area contributed by atoms with Crippen LogP contribution in [0.3, 0.4) is 0 Å². The number of rotatable bonds is 8. The van der Waals surface area contributed by atoms with Gasteiger partial charge in [-0.05, 0) is 59.5 Å². The topological polar surface area (TPSA) is 35.5 Å². The molecular weight excluding hydrogens is 464 g/mol. The summed E-state index contributed by atoms with van der Waals surface area (Å²) in [5, 5.41) is 0.468. The Labute approximate surface area is 190 Å². The van der Waals surface area contributed by atoms with Crippen molar-refractivity contribution >= 4 is 39.1 Å². The van der Waals surface area contributed by atoms with Crippen molar-refractivity contribution in [1.82, 2.24) is 0 Å². The molecule has 0 aliphatic rings. The van der Waals surface area contributed by atoms with Crippen molar-refractivity contribution in [3.05, 3.63) is 105 Å². The minimum absolute atomic E-state index is 0.190. The van der Waals surface area contributed by atoms with Crippen molar-refractivity contribution in [2.24, 2.45) is 0 Å². The van der Waals surface area contributed by atoms with E-state index in [4.69, 9.17) is 21.1 Å². The minimum Gasteiger partial charge on any atom is -0.488 e. The molecule has 5 heteroatoms. The fourth-order valence-electron chi connectivity index (χ4n) is 3.01. The number of halogens is 2. The molecule has 0 unspecified atom stereocenters. The predicted octanol–water partition coefficient (Wildman–Crippen LogP) is 6.72. The van der Waals surface area contributed by atoms with E-state index in [1.165, 1.54) is 0 Å². The zero-order valence-electron chi connectivity index (χ0n) is 16.6. The first-order valence-electron chi connectivity index (χ1n) is 9.65. The number of carbonyl (C=O) groups is 1. The molecule has 0 spiro atoms. The Kier molecular flexibility index (Phi) is 8.12.